The van der Waals surface area contributed by atoms with Gasteiger partial charge in [0.25, 0.3) is 0 Å². The molecule has 0 saturated heterocycles. The summed E-state index contributed by atoms with van der Waals surface area (Å²) in [5.41, 5.74) is 1.85. The summed E-state index contributed by atoms with van der Waals surface area (Å²) in [4.78, 5) is 30.2. The first-order chi connectivity index (χ1) is 15.5. The molecule has 0 fully saturated rings. The average molecular weight is 456 g/mol. The lowest BCUT2D eigenvalue weighted by Crippen LogP contribution is -2.49. The molecule has 0 N–H and O–H groups in total. The van der Waals surface area contributed by atoms with Crippen molar-refractivity contribution in [3.8, 4) is 0 Å². The Morgan fingerprint density at radius 3 is 2.48 bits per heavy atom. The number of halogens is 1. The Balaban J connectivity index is 1.80. The van der Waals surface area contributed by atoms with E-state index in [0.717, 1.165) is 17.7 Å². The molecule has 0 unspecified atom stereocenters. The Kier molecular flexibility index (Phi) is 7.65. The number of carbonyl (C=O) groups is 2. The number of carbonyl (C=O) groups excluding carboxylic acids is 2. The molecule has 0 radical (unpaired) electrons. The van der Waals surface area contributed by atoms with Crippen LogP contribution in [0.5, 0.6) is 0 Å². The van der Waals surface area contributed by atoms with Gasteiger partial charge in [-0.15, -0.1) is 0 Å². The van der Waals surface area contributed by atoms with Crippen molar-refractivity contribution in [2.75, 3.05) is 13.1 Å². The lowest BCUT2D eigenvalue weighted by atomic mass is 9.84. The molecule has 2 atom stereocenters. The maximum Gasteiger partial charge on any atom is 0.243 e. The first kappa shape index (κ1) is 25.0. The number of hydrogen-bond donors (Lipinski definition) is 0. The Morgan fingerprint density at radius 2 is 1.85 bits per heavy atom. The highest BCUT2D eigenvalue weighted by Gasteiger charge is 2.34. The number of aromatic nitrogens is 1. The lowest BCUT2D eigenvalue weighted by molar-refractivity contribution is -0.144. The normalized spacial score (nSPS) is 17.1. The molecule has 6 heteroatoms. The minimum atomic E-state index is -0.374. The highest BCUT2D eigenvalue weighted by Crippen LogP contribution is 2.33. The van der Waals surface area contributed by atoms with Gasteiger partial charge in [-0.05, 0) is 61.4 Å². The third kappa shape index (κ3) is 6.24. The highest BCUT2D eigenvalue weighted by atomic mass is 19.1. The molecule has 2 amide bonds. The van der Waals surface area contributed by atoms with Gasteiger partial charge in [-0.25, -0.2) is 4.39 Å². The standard InChI is InChI=1S/C27H38FN3O2/c1-19(2)31(24(32)15-20(3)17-27(4,5)6)18-25(33)30-14-13-29-12-8-11-23(29)26(30)21-9-7-10-22(28)16-21/h7-12,16,19-20,26H,13-15,17-18H2,1-6H3/t20-,26-/m0/s1. The van der Waals surface area contributed by atoms with Gasteiger partial charge < -0.3 is 14.4 Å². The first-order valence-electron chi connectivity index (χ1n) is 12.0. The van der Waals surface area contributed by atoms with Crippen molar-refractivity contribution >= 4 is 11.8 Å². The van der Waals surface area contributed by atoms with Gasteiger partial charge in [-0.3, -0.25) is 9.59 Å². The van der Waals surface area contributed by atoms with Crippen LogP contribution in [0.2, 0.25) is 0 Å². The summed E-state index contributed by atoms with van der Waals surface area (Å²) in [5.74, 6) is -0.178. The van der Waals surface area contributed by atoms with Crippen LogP contribution in [0, 0.1) is 17.2 Å². The smallest absolute Gasteiger partial charge is 0.243 e. The minimum Gasteiger partial charge on any atom is -0.348 e. The summed E-state index contributed by atoms with van der Waals surface area (Å²) in [6, 6.07) is 9.92. The Bertz CT molecular complexity index is 976. The van der Waals surface area contributed by atoms with Gasteiger partial charge in [0, 0.05) is 37.4 Å². The van der Waals surface area contributed by atoms with Gasteiger partial charge >= 0.3 is 0 Å². The molecule has 3 rings (SSSR count). The Hall–Kier alpha value is -2.63. The van der Waals surface area contributed by atoms with Gasteiger partial charge in [0.1, 0.15) is 12.4 Å². The van der Waals surface area contributed by atoms with E-state index in [9.17, 15) is 14.0 Å². The van der Waals surface area contributed by atoms with Crippen molar-refractivity contribution < 1.29 is 14.0 Å². The van der Waals surface area contributed by atoms with E-state index in [-0.39, 0.29) is 47.6 Å². The first-order valence-corrected chi connectivity index (χ1v) is 12.0. The fraction of sp³-hybridized carbons (Fsp3) is 0.556. The molecule has 33 heavy (non-hydrogen) atoms. The van der Waals surface area contributed by atoms with Gasteiger partial charge in [0.2, 0.25) is 11.8 Å². The van der Waals surface area contributed by atoms with E-state index in [0.29, 0.717) is 19.5 Å². The predicted molar refractivity (Wildman–Crippen MR) is 129 cm³/mol. The van der Waals surface area contributed by atoms with Crippen LogP contribution in [0.15, 0.2) is 42.6 Å². The van der Waals surface area contributed by atoms with E-state index in [4.69, 9.17) is 0 Å². The van der Waals surface area contributed by atoms with E-state index >= 15 is 0 Å². The predicted octanol–water partition coefficient (Wildman–Crippen LogP) is 5.26. The number of rotatable bonds is 7. The second-order valence-corrected chi connectivity index (χ2v) is 10.9. The lowest BCUT2D eigenvalue weighted by Gasteiger charge is -2.39. The summed E-state index contributed by atoms with van der Waals surface area (Å²) in [5, 5.41) is 0. The van der Waals surface area contributed by atoms with Crippen LogP contribution >= 0.6 is 0 Å². The fourth-order valence-corrected chi connectivity index (χ4v) is 5.01. The molecule has 2 aromatic rings. The van der Waals surface area contributed by atoms with Gasteiger partial charge in [-0.2, -0.15) is 0 Å². The van der Waals surface area contributed by atoms with Crippen molar-refractivity contribution in [1.82, 2.24) is 14.4 Å². The van der Waals surface area contributed by atoms with Gasteiger partial charge in [0.05, 0.1) is 6.04 Å². The molecule has 1 aromatic carbocycles. The number of benzene rings is 1. The molecule has 0 saturated carbocycles. The molecule has 0 spiro atoms. The monoisotopic (exact) mass is 455 g/mol. The third-order valence-electron chi connectivity index (χ3n) is 6.26. The number of hydrogen-bond acceptors (Lipinski definition) is 2. The van der Waals surface area contributed by atoms with E-state index in [1.807, 2.05) is 38.2 Å². The van der Waals surface area contributed by atoms with Crippen LogP contribution in [0.25, 0.3) is 0 Å². The van der Waals surface area contributed by atoms with Crippen LogP contribution in [-0.4, -0.2) is 45.3 Å². The molecule has 0 aliphatic carbocycles. The largest absolute Gasteiger partial charge is 0.348 e. The number of fused-ring (bicyclic) bond motifs is 1. The zero-order valence-corrected chi connectivity index (χ0v) is 20.8. The molecule has 5 nitrogen and oxygen atoms in total. The fourth-order valence-electron chi connectivity index (χ4n) is 5.01. The molecular formula is C27H38FN3O2. The Labute approximate surface area is 197 Å². The quantitative estimate of drug-likeness (QED) is 0.572. The van der Waals surface area contributed by atoms with Crippen LogP contribution in [-0.2, 0) is 16.1 Å². The molecule has 180 valence electrons. The second-order valence-electron chi connectivity index (χ2n) is 10.9. The third-order valence-corrected chi connectivity index (χ3v) is 6.26. The molecule has 2 heterocycles. The van der Waals surface area contributed by atoms with Crippen LogP contribution in [0.1, 0.15) is 71.7 Å². The molecule has 0 bridgehead atoms. The summed E-state index contributed by atoms with van der Waals surface area (Å²) in [6.07, 6.45) is 3.37. The molecule has 1 aromatic heterocycles. The molecule has 1 aliphatic heterocycles. The summed E-state index contributed by atoms with van der Waals surface area (Å²) >= 11 is 0. The average Bonchev–Trinajstić information content (AvgIpc) is 3.18. The van der Waals surface area contributed by atoms with Crippen LogP contribution in [0.4, 0.5) is 4.39 Å². The van der Waals surface area contributed by atoms with E-state index in [2.05, 4.69) is 32.3 Å². The maximum atomic E-state index is 14.0. The number of amides is 2. The van der Waals surface area contributed by atoms with Crippen molar-refractivity contribution in [1.29, 1.82) is 0 Å². The van der Waals surface area contributed by atoms with E-state index in [1.54, 1.807) is 15.9 Å². The summed E-state index contributed by atoms with van der Waals surface area (Å²) in [7, 11) is 0. The minimum absolute atomic E-state index is 0.0118. The van der Waals surface area contributed by atoms with Crippen molar-refractivity contribution in [2.45, 2.75) is 73.0 Å². The zero-order chi connectivity index (χ0) is 24.3. The van der Waals surface area contributed by atoms with Crippen LogP contribution < -0.4 is 0 Å². The SMILES string of the molecule is CC(C)N(CC(=O)N1CCn2cccc2[C@@H]1c1cccc(F)c1)C(=O)C[C@H](C)CC(C)(C)C. The Morgan fingerprint density at radius 1 is 1.12 bits per heavy atom. The van der Waals surface area contributed by atoms with Gasteiger partial charge in [-0.1, -0.05) is 39.8 Å². The van der Waals surface area contributed by atoms with Crippen LogP contribution in [0.3, 0.4) is 0 Å². The topological polar surface area (TPSA) is 45.6 Å². The number of nitrogens with zero attached hydrogens (tertiary/aromatic N) is 3. The van der Waals surface area contributed by atoms with E-state index < -0.39 is 0 Å². The van der Waals surface area contributed by atoms with Crippen molar-refractivity contribution in [3.05, 3.63) is 59.7 Å². The van der Waals surface area contributed by atoms with Gasteiger partial charge in [0.15, 0.2) is 0 Å². The highest BCUT2D eigenvalue weighted by molar-refractivity contribution is 5.85. The van der Waals surface area contributed by atoms with Crippen molar-refractivity contribution in [2.24, 2.45) is 11.3 Å². The van der Waals surface area contributed by atoms with E-state index in [1.165, 1.54) is 12.1 Å². The second kappa shape index (κ2) is 10.1. The zero-order valence-electron chi connectivity index (χ0n) is 20.8. The van der Waals surface area contributed by atoms with Crippen molar-refractivity contribution in [3.63, 3.8) is 0 Å². The molecular weight excluding hydrogens is 417 g/mol. The molecule has 1 aliphatic rings. The summed E-state index contributed by atoms with van der Waals surface area (Å²) in [6.45, 7) is 13.8. The summed E-state index contributed by atoms with van der Waals surface area (Å²) < 4.78 is 16.2. The maximum absolute atomic E-state index is 14.0.